The standard InChI is InChI=1S/C10H15NO3/c12-9(13)5-6-11(8-3-4-8)10(14)7-1-2-7/h7-8H,1-6H2,(H,12,13). The molecule has 2 fully saturated rings. The highest BCUT2D eigenvalue weighted by molar-refractivity contribution is 5.82. The zero-order valence-corrected chi connectivity index (χ0v) is 8.11. The third-order valence-corrected chi connectivity index (χ3v) is 2.76. The summed E-state index contributed by atoms with van der Waals surface area (Å²) in [7, 11) is 0. The van der Waals surface area contributed by atoms with E-state index in [4.69, 9.17) is 5.11 Å². The van der Waals surface area contributed by atoms with Gasteiger partial charge in [0.05, 0.1) is 6.42 Å². The number of rotatable bonds is 5. The molecule has 1 amide bonds. The number of nitrogens with zero attached hydrogens (tertiary/aromatic N) is 1. The zero-order valence-electron chi connectivity index (χ0n) is 8.11. The van der Waals surface area contributed by atoms with Crippen LogP contribution in [0.4, 0.5) is 0 Å². The summed E-state index contributed by atoms with van der Waals surface area (Å²) in [5.41, 5.74) is 0. The van der Waals surface area contributed by atoms with Crippen molar-refractivity contribution < 1.29 is 14.7 Å². The monoisotopic (exact) mass is 197 g/mol. The molecule has 4 heteroatoms. The van der Waals surface area contributed by atoms with Gasteiger partial charge in [-0.3, -0.25) is 9.59 Å². The van der Waals surface area contributed by atoms with Gasteiger partial charge in [-0.15, -0.1) is 0 Å². The molecule has 78 valence electrons. The van der Waals surface area contributed by atoms with Gasteiger partial charge < -0.3 is 10.0 Å². The van der Waals surface area contributed by atoms with Gasteiger partial charge in [0.2, 0.25) is 5.91 Å². The van der Waals surface area contributed by atoms with E-state index >= 15 is 0 Å². The Kier molecular flexibility index (Phi) is 2.44. The van der Waals surface area contributed by atoms with E-state index in [0.717, 1.165) is 25.7 Å². The first kappa shape index (κ1) is 9.49. The number of carbonyl (C=O) groups excluding carboxylic acids is 1. The highest BCUT2D eigenvalue weighted by Gasteiger charge is 2.39. The molecule has 0 saturated heterocycles. The maximum absolute atomic E-state index is 11.7. The normalized spacial score (nSPS) is 20.6. The molecule has 0 aromatic rings. The number of carboxylic acids is 1. The SMILES string of the molecule is O=C(O)CCN(C(=O)C1CC1)C1CC1. The lowest BCUT2D eigenvalue weighted by molar-refractivity contribution is -0.139. The highest BCUT2D eigenvalue weighted by atomic mass is 16.4. The van der Waals surface area contributed by atoms with Crippen LogP contribution in [0, 0.1) is 5.92 Å². The molecule has 4 nitrogen and oxygen atoms in total. The van der Waals surface area contributed by atoms with Crippen LogP contribution in [0.25, 0.3) is 0 Å². The van der Waals surface area contributed by atoms with Gasteiger partial charge in [0.15, 0.2) is 0 Å². The summed E-state index contributed by atoms with van der Waals surface area (Å²) < 4.78 is 0. The van der Waals surface area contributed by atoms with Gasteiger partial charge in [-0.25, -0.2) is 0 Å². The molecule has 2 saturated carbocycles. The van der Waals surface area contributed by atoms with Crippen molar-refractivity contribution in [3.8, 4) is 0 Å². The highest BCUT2D eigenvalue weighted by Crippen LogP contribution is 2.35. The summed E-state index contributed by atoms with van der Waals surface area (Å²) in [6.45, 7) is 0.398. The first-order chi connectivity index (χ1) is 6.68. The van der Waals surface area contributed by atoms with Crippen molar-refractivity contribution in [3.63, 3.8) is 0 Å². The predicted octanol–water partition coefficient (Wildman–Crippen LogP) is 0.862. The number of carboxylic acid groups (broad SMARTS) is 1. The summed E-state index contributed by atoms with van der Waals surface area (Å²) in [4.78, 5) is 23.9. The molecule has 1 N–H and O–H groups in total. The molecule has 14 heavy (non-hydrogen) atoms. The average molecular weight is 197 g/mol. The lowest BCUT2D eigenvalue weighted by atomic mass is 10.3. The number of aliphatic carboxylic acids is 1. The van der Waals surface area contributed by atoms with Crippen LogP contribution in [0.2, 0.25) is 0 Å². The summed E-state index contributed by atoms with van der Waals surface area (Å²) in [6.07, 6.45) is 4.18. The Hall–Kier alpha value is -1.06. The Labute approximate surface area is 82.9 Å². The van der Waals surface area contributed by atoms with E-state index in [1.165, 1.54) is 0 Å². The Morgan fingerprint density at radius 2 is 1.86 bits per heavy atom. The van der Waals surface area contributed by atoms with E-state index in [0.29, 0.717) is 12.6 Å². The quantitative estimate of drug-likeness (QED) is 0.711. The number of hydrogen-bond donors (Lipinski definition) is 1. The van der Waals surface area contributed by atoms with Crippen LogP contribution in [0.1, 0.15) is 32.1 Å². The molecule has 2 rings (SSSR count). The topological polar surface area (TPSA) is 57.6 Å². The van der Waals surface area contributed by atoms with Crippen LogP contribution in [-0.4, -0.2) is 34.5 Å². The smallest absolute Gasteiger partial charge is 0.305 e. The molecular weight excluding hydrogens is 182 g/mol. The molecule has 0 aliphatic heterocycles. The van der Waals surface area contributed by atoms with Gasteiger partial charge in [-0.2, -0.15) is 0 Å². The van der Waals surface area contributed by atoms with E-state index in [9.17, 15) is 9.59 Å². The third-order valence-electron chi connectivity index (χ3n) is 2.76. The number of amides is 1. The van der Waals surface area contributed by atoms with Crippen molar-refractivity contribution >= 4 is 11.9 Å². The average Bonchev–Trinajstić information content (AvgIpc) is 2.98. The van der Waals surface area contributed by atoms with Crippen molar-refractivity contribution in [1.82, 2.24) is 4.90 Å². The minimum Gasteiger partial charge on any atom is -0.481 e. The van der Waals surface area contributed by atoms with E-state index in [2.05, 4.69) is 0 Å². The molecule has 0 aromatic carbocycles. The first-order valence-corrected chi connectivity index (χ1v) is 5.21. The second-order valence-corrected chi connectivity index (χ2v) is 4.18. The van der Waals surface area contributed by atoms with Crippen molar-refractivity contribution in [2.75, 3.05) is 6.54 Å². The van der Waals surface area contributed by atoms with Gasteiger partial charge in [0.25, 0.3) is 0 Å². The van der Waals surface area contributed by atoms with Crippen LogP contribution < -0.4 is 0 Å². The van der Waals surface area contributed by atoms with Crippen LogP contribution in [-0.2, 0) is 9.59 Å². The first-order valence-electron chi connectivity index (χ1n) is 5.21. The summed E-state index contributed by atoms with van der Waals surface area (Å²) in [5.74, 6) is -0.419. The van der Waals surface area contributed by atoms with Gasteiger partial charge in [-0.1, -0.05) is 0 Å². The van der Waals surface area contributed by atoms with Crippen LogP contribution in [0.3, 0.4) is 0 Å². The van der Waals surface area contributed by atoms with Crippen molar-refractivity contribution in [2.24, 2.45) is 5.92 Å². The van der Waals surface area contributed by atoms with E-state index in [-0.39, 0.29) is 18.2 Å². The van der Waals surface area contributed by atoms with E-state index in [1.54, 1.807) is 4.90 Å². The Balaban J connectivity index is 1.86. The Morgan fingerprint density at radius 1 is 1.21 bits per heavy atom. The fourth-order valence-corrected chi connectivity index (χ4v) is 1.64. The van der Waals surface area contributed by atoms with E-state index < -0.39 is 5.97 Å². The molecule has 2 aliphatic rings. The van der Waals surface area contributed by atoms with Gasteiger partial charge in [0, 0.05) is 18.5 Å². The largest absolute Gasteiger partial charge is 0.481 e. The fraction of sp³-hybridized carbons (Fsp3) is 0.800. The maximum atomic E-state index is 11.7. The lowest BCUT2D eigenvalue weighted by Crippen LogP contribution is -2.36. The molecule has 0 unspecified atom stereocenters. The number of hydrogen-bond acceptors (Lipinski definition) is 2. The molecule has 0 aromatic heterocycles. The van der Waals surface area contributed by atoms with Crippen LogP contribution in [0.15, 0.2) is 0 Å². The van der Waals surface area contributed by atoms with E-state index in [1.807, 2.05) is 0 Å². The van der Waals surface area contributed by atoms with Crippen LogP contribution >= 0.6 is 0 Å². The van der Waals surface area contributed by atoms with Gasteiger partial charge in [0.1, 0.15) is 0 Å². The predicted molar refractivity (Wildman–Crippen MR) is 49.7 cm³/mol. The molecule has 0 bridgehead atoms. The summed E-state index contributed by atoms with van der Waals surface area (Å²) in [5, 5.41) is 8.56. The summed E-state index contributed by atoms with van der Waals surface area (Å²) in [6, 6.07) is 0.349. The molecule has 0 heterocycles. The molecular formula is C10H15NO3. The van der Waals surface area contributed by atoms with Crippen LogP contribution in [0.5, 0.6) is 0 Å². The minimum atomic E-state index is -0.820. The van der Waals surface area contributed by atoms with Gasteiger partial charge >= 0.3 is 5.97 Å². The Morgan fingerprint density at radius 3 is 2.29 bits per heavy atom. The maximum Gasteiger partial charge on any atom is 0.305 e. The molecule has 2 aliphatic carbocycles. The van der Waals surface area contributed by atoms with Gasteiger partial charge in [-0.05, 0) is 25.7 Å². The number of carbonyl (C=O) groups is 2. The summed E-state index contributed by atoms with van der Waals surface area (Å²) >= 11 is 0. The second-order valence-electron chi connectivity index (χ2n) is 4.18. The molecule has 0 spiro atoms. The molecule has 0 radical (unpaired) electrons. The van der Waals surface area contributed by atoms with Crippen molar-refractivity contribution in [3.05, 3.63) is 0 Å². The van der Waals surface area contributed by atoms with Crippen molar-refractivity contribution in [1.29, 1.82) is 0 Å². The zero-order chi connectivity index (χ0) is 10.1. The second kappa shape index (κ2) is 3.59. The Bertz CT molecular complexity index is 256. The molecule has 0 atom stereocenters. The lowest BCUT2D eigenvalue weighted by Gasteiger charge is -2.21. The fourth-order valence-electron chi connectivity index (χ4n) is 1.64. The minimum absolute atomic E-state index is 0.0783. The third kappa shape index (κ3) is 2.25. The van der Waals surface area contributed by atoms with Crippen molar-refractivity contribution in [2.45, 2.75) is 38.1 Å².